The molecule has 0 saturated heterocycles. The SMILES string of the molecule is O=C(Nc1ccccc1Cc1ccccc1)c1ccc(SC(F)F)cc1. The molecule has 0 aromatic heterocycles. The second-order valence-corrected chi connectivity index (χ2v) is 6.74. The molecule has 0 aliphatic heterocycles. The zero-order chi connectivity index (χ0) is 18.4. The number of hydrogen-bond donors (Lipinski definition) is 1. The quantitative estimate of drug-likeness (QED) is 0.553. The van der Waals surface area contributed by atoms with Gasteiger partial charge in [-0.2, -0.15) is 8.78 Å². The number of halogens is 2. The van der Waals surface area contributed by atoms with Crippen LogP contribution in [0.5, 0.6) is 0 Å². The van der Waals surface area contributed by atoms with Crippen molar-refractivity contribution < 1.29 is 13.6 Å². The normalized spacial score (nSPS) is 10.7. The lowest BCUT2D eigenvalue weighted by Gasteiger charge is -2.11. The van der Waals surface area contributed by atoms with E-state index in [9.17, 15) is 13.6 Å². The zero-order valence-electron chi connectivity index (χ0n) is 13.9. The summed E-state index contributed by atoms with van der Waals surface area (Å²) in [5.41, 5.74) is 3.34. The van der Waals surface area contributed by atoms with Gasteiger partial charge >= 0.3 is 0 Å². The number of carbonyl (C=O) groups is 1. The molecule has 26 heavy (non-hydrogen) atoms. The summed E-state index contributed by atoms with van der Waals surface area (Å²) in [7, 11) is 0. The van der Waals surface area contributed by atoms with Gasteiger partial charge in [0.1, 0.15) is 0 Å². The molecular weight excluding hydrogens is 352 g/mol. The molecule has 0 heterocycles. The summed E-state index contributed by atoms with van der Waals surface area (Å²) >= 11 is 0.461. The van der Waals surface area contributed by atoms with E-state index in [2.05, 4.69) is 5.32 Å². The van der Waals surface area contributed by atoms with Crippen molar-refractivity contribution in [3.05, 3.63) is 95.6 Å². The number of benzene rings is 3. The Morgan fingerprint density at radius 3 is 2.23 bits per heavy atom. The number of alkyl halides is 2. The molecule has 3 aromatic rings. The second-order valence-electron chi connectivity index (χ2n) is 5.68. The molecule has 132 valence electrons. The molecule has 0 atom stereocenters. The average Bonchev–Trinajstić information content (AvgIpc) is 2.64. The van der Waals surface area contributed by atoms with Crippen LogP contribution in [0.15, 0.2) is 83.8 Å². The number of anilines is 1. The summed E-state index contributed by atoms with van der Waals surface area (Å²) in [5.74, 6) is -2.74. The third kappa shape index (κ3) is 4.92. The average molecular weight is 369 g/mol. The number of para-hydroxylation sites is 1. The van der Waals surface area contributed by atoms with Crippen LogP contribution in [-0.2, 0) is 6.42 Å². The van der Waals surface area contributed by atoms with Crippen molar-refractivity contribution in [3.63, 3.8) is 0 Å². The van der Waals surface area contributed by atoms with Gasteiger partial charge in [0, 0.05) is 16.1 Å². The number of rotatable bonds is 6. The van der Waals surface area contributed by atoms with Crippen LogP contribution in [0.1, 0.15) is 21.5 Å². The van der Waals surface area contributed by atoms with E-state index in [1.165, 1.54) is 12.1 Å². The molecule has 0 unspecified atom stereocenters. The van der Waals surface area contributed by atoms with Gasteiger partial charge in [-0.25, -0.2) is 0 Å². The van der Waals surface area contributed by atoms with E-state index >= 15 is 0 Å². The third-order valence-corrected chi connectivity index (χ3v) is 4.57. The third-order valence-electron chi connectivity index (χ3n) is 3.84. The lowest BCUT2D eigenvalue weighted by molar-refractivity contribution is 0.102. The highest BCUT2D eigenvalue weighted by molar-refractivity contribution is 7.99. The first kappa shape index (κ1) is 18.1. The van der Waals surface area contributed by atoms with Gasteiger partial charge in [-0.3, -0.25) is 4.79 Å². The Balaban J connectivity index is 1.73. The lowest BCUT2D eigenvalue weighted by atomic mass is 10.0. The van der Waals surface area contributed by atoms with Gasteiger partial charge in [0.15, 0.2) is 0 Å². The van der Waals surface area contributed by atoms with Crippen LogP contribution < -0.4 is 5.32 Å². The molecule has 0 fully saturated rings. The van der Waals surface area contributed by atoms with E-state index in [0.717, 1.165) is 16.8 Å². The second kappa shape index (κ2) is 8.63. The van der Waals surface area contributed by atoms with Crippen LogP contribution in [-0.4, -0.2) is 11.7 Å². The molecular formula is C21H17F2NOS. The molecule has 5 heteroatoms. The Labute approximate surface area is 155 Å². The number of thioether (sulfide) groups is 1. The smallest absolute Gasteiger partial charge is 0.288 e. The van der Waals surface area contributed by atoms with E-state index in [0.29, 0.717) is 28.6 Å². The zero-order valence-corrected chi connectivity index (χ0v) is 14.7. The minimum Gasteiger partial charge on any atom is -0.322 e. The highest BCUT2D eigenvalue weighted by Gasteiger charge is 2.11. The Bertz CT molecular complexity index is 867. The largest absolute Gasteiger partial charge is 0.322 e. The van der Waals surface area contributed by atoms with Crippen LogP contribution in [0.2, 0.25) is 0 Å². The first-order chi connectivity index (χ1) is 12.6. The Hall–Kier alpha value is -2.66. The molecule has 0 saturated carbocycles. The molecule has 2 nitrogen and oxygen atoms in total. The maximum absolute atomic E-state index is 12.5. The number of amides is 1. The van der Waals surface area contributed by atoms with Crippen LogP contribution >= 0.6 is 11.8 Å². The maximum atomic E-state index is 12.5. The van der Waals surface area contributed by atoms with Gasteiger partial charge in [0.05, 0.1) is 0 Å². The minimum atomic E-state index is -2.47. The fourth-order valence-corrected chi connectivity index (χ4v) is 3.09. The summed E-state index contributed by atoms with van der Waals surface area (Å²) in [6.07, 6.45) is 0.710. The summed E-state index contributed by atoms with van der Waals surface area (Å²) in [4.78, 5) is 12.9. The van der Waals surface area contributed by atoms with Crippen LogP contribution in [0.4, 0.5) is 14.5 Å². The van der Waals surface area contributed by atoms with Crippen molar-refractivity contribution in [3.8, 4) is 0 Å². The molecule has 0 aliphatic carbocycles. The van der Waals surface area contributed by atoms with Gasteiger partial charge in [0.25, 0.3) is 11.7 Å². The van der Waals surface area contributed by atoms with Gasteiger partial charge in [-0.05, 0) is 47.9 Å². The van der Waals surface area contributed by atoms with E-state index in [4.69, 9.17) is 0 Å². The van der Waals surface area contributed by atoms with Crippen molar-refractivity contribution >= 4 is 23.4 Å². The standard InChI is InChI=1S/C21H17F2NOS/c22-21(23)26-18-12-10-16(11-13-18)20(25)24-19-9-5-4-8-17(19)14-15-6-2-1-3-7-15/h1-13,21H,14H2,(H,24,25). The fraction of sp³-hybridized carbons (Fsp3) is 0.0952. The molecule has 3 rings (SSSR count). The number of carbonyl (C=O) groups excluding carboxylic acids is 1. The lowest BCUT2D eigenvalue weighted by Crippen LogP contribution is -2.13. The Kier molecular flexibility index (Phi) is 6.02. The van der Waals surface area contributed by atoms with Gasteiger partial charge < -0.3 is 5.32 Å². The monoisotopic (exact) mass is 369 g/mol. The van der Waals surface area contributed by atoms with E-state index < -0.39 is 5.76 Å². The first-order valence-corrected chi connectivity index (χ1v) is 8.98. The maximum Gasteiger partial charge on any atom is 0.288 e. The molecule has 0 bridgehead atoms. The van der Waals surface area contributed by atoms with Crippen molar-refractivity contribution in [2.75, 3.05) is 5.32 Å². The van der Waals surface area contributed by atoms with Crippen molar-refractivity contribution in [1.82, 2.24) is 0 Å². The molecule has 0 spiro atoms. The Morgan fingerprint density at radius 2 is 1.54 bits per heavy atom. The minimum absolute atomic E-state index is 0.265. The molecule has 3 aromatic carbocycles. The first-order valence-electron chi connectivity index (χ1n) is 8.10. The highest BCUT2D eigenvalue weighted by atomic mass is 32.2. The predicted octanol–water partition coefficient (Wildman–Crippen LogP) is 5.84. The van der Waals surface area contributed by atoms with Crippen LogP contribution in [0, 0.1) is 0 Å². The van der Waals surface area contributed by atoms with Gasteiger partial charge in [-0.15, -0.1) is 0 Å². The van der Waals surface area contributed by atoms with Crippen molar-refractivity contribution in [2.45, 2.75) is 17.1 Å². The summed E-state index contributed by atoms with van der Waals surface area (Å²) < 4.78 is 24.7. The van der Waals surface area contributed by atoms with Gasteiger partial charge in [0.2, 0.25) is 0 Å². The summed E-state index contributed by atoms with van der Waals surface area (Å²) in [5, 5.41) is 2.91. The van der Waals surface area contributed by atoms with E-state index in [1.54, 1.807) is 12.1 Å². The molecule has 0 aliphatic rings. The topological polar surface area (TPSA) is 29.1 Å². The predicted molar refractivity (Wildman–Crippen MR) is 102 cm³/mol. The highest BCUT2D eigenvalue weighted by Crippen LogP contribution is 2.25. The van der Waals surface area contributed by atoms with E-state index in [1.807, 2.05) is 54.6 Å². The van der Waals surface area contributed by atoms with E-state index in [-0.39, 0.29) is 5.91 Å². The van der Waals surface area contributed by atoms with Crippen molar-refractivity contribution in [1.29, 1.82) is 0 Å². The Morgan fingerprint density at radius 1 is 0.885 bits per heavy atom. The van der Waals surface area contributed by atoms with Crippen LogP contribution in [0.3, 0.4) is 0 Å². The summed E-state index contributed by atoms with van der Waals surface area (Å²) in [6.45, 7) is 0. The molecule has 1 amide bonds. The molecule has 1 N–H and O–H groups in total. The fourth-order valence-electron chi connectivity index (χ4n) is 2.59. The number of hydrogen-bond acceptors (Lipinski definition) is 2. The molecule has 0 radical (unpaired) electrons. The number of nitrogens with one attached hydrogen (secondary N) is 1. The summed E-state index contributed by atoms with van der Waals surface area (Å²) in [6, 6.07) is 23.8. The van der Waals surface area contributed by atoms with Crippen LogP contribution in [0.25, 0.3) is 0 Å². The van der Waals surface area contributed by atoms with Gasteiger partial charge in [-0.1, -0.05) is 60.3 Å². The van der Waals surface area contributed by atoms with Crippen molar-refractivity contribution in [2.24, 2.45) is 0 Å².